The summed E-state index contributed by atoms with van der Waals surface area (Å²) in [6.45, 7) is 1.08. The zero-order valence-corrected chi connectivity index (χ0v) is 18.4. The van der Waals surface area contributed by atoms with E-state index >= 15 is 0 Å². The topological polar surface area (TPSA) is 63.8 Å². The molecule has 0 aliphatic heterocycles. The fourth-order valence-corrected chi connectivity index (χ4v) is 3.71. The summed E-state index contributed by atoms with van der Waals surface area (Å²) < 4.78 is 2.00. The lowest BCUT2D eigenvalue weighted by molar-refractivity contribution is 0.890. The molecule has 0 atom stereocenters. The molecular weight excluding hydrogens is 480 g/mol. The van der Waals surface area contributed by atoms with Crippen molar-refractivity contribution in [2.45, 2.75) is 12.8 Å². The van der Waals surface area contributed by atoms with Gasteiger partial charge in [-0.15, -0.1) is 0 Å². The van der Waals surface area contributed by atoms with Gasteiger partial charge in [-0.1, -0.05) is 24.3 Å². The zero-order chi connectivity index (χ0) is 19.5. The van der Waals surface area contributed by atoms with Crippen LogP contribution in [-0.4, -0.2) is 16.5 Å². The molecule has 0 amide bonds. The van der Waals surface area contributed by atoms with Gasteiger partial charge in [0, 0.05) is 38.7 Å². The third kappa shape index (κ3) is 4.62. The van der Waals surface area contributed by atoms with Crippen molar-refractivity contribution in [3.8, 4) is 0 Å². The Hall–Kier alpha value is -2.18. The number of anilines is 2. The molecule has 1 aliphatic carbocycles. The maximum absolute atomic E-state index is 5.73. The second-order valence-electron chi connectivity index (χ2n) is 6.93. The van der Waals surface area contributed by atoms with Crippen LogP contribution in [0.3, 0.4) is 0 Å². The van der Waals surface area contributed by atoms with E-state index < -0.39 is 0 Å². The van der Waals surface area contributed by atoms with Gasteiger partial charge in [-0.2, -0.15) is 0 Å². The summed E-state index contributed by atoms with van der Waals surface area (Å²) in [6.07, 6.45) is 6.34. The van der Waals surface area contributed by atoms with Crippen LogP contribution in [-0.2, 0) is 0 Å². The highest BCUT2D eigenvalue weighted by Gasteiger charge is 2.20. The Bertz CT molecular complexity index is 1130. The van der Waals surface area contributed by atoms with E-state index in [1.54, 1.807) is 6.20 Å². The molecule has 1 aliphatic rings. The average molecular weight is 500 g/mol. The minimum absolute atomic E-state index is 0.722. The molecule has 0 saturated heterocycles. The first-order chi connectivity index (χ1) is 13.6. The first kappa shape index (κ1) is 19.2. The van der Waals surface area contributed by atoms with Crippen molar-refractivity contribution in [3.05, 3.63) is 69.9 Å². The Morgan fingerprint density at radius 3 is 2.18 bits per heavy atom. The molecule has 0 radical (unpaired) electrons. The molecule has 0 bridgehead atoms. The smallest absolute Gasteiger partial charge is 0.0934 e. The van der Waals surface area contributed by atoms with E-state index in [4.69, 9.17) is 5.73 Å². The number of hydrogen-bond donors (Lipinski definition) is 2. The molecule has 2 heterocycles. The van der Waals surface area contributed by atoms with Crippen LogP contribution in [0.25, 0.3) is 21.8 Å². The second-order valence-corrected chi connectivity index (χ2v) is 8.76. The van der Waals surface area contributed by atoms with Crippen molar-refractivity contribution in [1.82, 2.24) is 9.97 Å². The van der Waals surface area contributed by atoms with Crippen molar-refractivity contribution < 1.29 is 0 Å². The summed E-state index contributed by atoms with van der Waals surface area (Å²) in [4.78, 5) is 8.68. The highest BCUT2D eigenvalue weighted by molar-refractivity contribution is 9.10. The number of nitrogens with one attached hydrogen (secondary N) is 1. The molecule has 142 valence electrons. The summed E-state index contributed by atoms with van der Waals surface area (Å²) in [5.41, 5.74) is 9.52. The van der Waals surface area contributed by atoms with Crippen molar-refractivity contribution in [2.24, 2.45) is 5.92 Å². The van der Waals surface area contributed by atoms with E-state index in [0.29, 0.717) is 0 Å². The fourth-order valence-electron chi connectivity index (χ4n) is 3.01. The van der Waals surface area contributed by atoms with Gasteiger partial charge in [-0.25, -0.2) is 0 Å². The van der Waals surface area contributed by atoms with Crippen LogP contribution < -0.4 is 11.1 Å². The van der Waals surface area contributed by atoms with Crippen molar-refractivity contribution in [2.75, 3.05) is 17.6 Å². The maximum Gasteiger partial charge on any atom is 0.0934 e. The minimum Gasteiger partial charge on any atom is -0.397 e. The number of halogens is 2. The maximum atomic E-state index is 5.73. The summed E-state index contributed by atoms with van der Waals surface area (Å²) in [5.74, 6) is 0.880. The zero-order valence-electron chi connectivity index (χ0n) is 15.2. The number of para-hydroxylation sites is 2. The number of benzene rings is 2. The summed E-state index contributed by atoms with van der Waals surface area (Å²) in [7, 11) is 0. The lowest BCUT2D eigenvalue weighted by Crippen LogP contribution is -2.03. The fraction of sp³-hybridized carbons (Fsp3) is 0.182. The van der Waals surface area contributed by atoms with Gasteiger partial charge in [-0.05, 0) is 74.9 Å². The van der Waals surface area contributed by atoms with Crippen LogP contribution in [0.2, 0.25) is 0 Å². The van der Waals surface area contributed by atoms with Crippen LogP contribution in [0, 0.1) is 5.92 Å². The number of nitrogens with two attached hydrogens (primary N) is 1. The number of hydrogen-bond acceptors (Lipinski definition) is 4. The number of fused-ring (bicyclic) bond motifs is 2. The molecule has 2 aromatic heterocycles. The molecule has 4 aromatic rings. The SMILES string of the molecule is Brc1cnc2c(NCC3CC3)cccc2c1.Nc1cccc2cc(Br)cnc12. The molecular formula is C22H20Br2N4. The Morgan fingerprint density at radius 2 is 1.50 bits per heavy atom. The third-order valence-corrected chi connectivity index (χ3v) is 5.53. The first-order valence-electron chi connectivity index (χ1n) is 9.18. The van der Waals surface area contributed by atoms with Gasteiger partial charge < -0.3 is 11.1 Å². The predicted molar refractivity (Wildman–Crippen MR) is 125 cm³/mol. The number of aromatic nitrogens is 2. The van der Waals surface area contributed by atoms with E-state index in [2.05, 4.69) is 71.4 Å². The Balaban J connectivity index is 0.000000143. The Morgan fingerprint density at radius 1 is 0.893 bits per heavy atom. The first-order valence-corrected chi connectivity index (χ1v) is 10.8. The minimum atomic E-state index is 0.722. The monoisotopic (exact) mass is 498 g/mol. The van der Waals surface area contributed by atoms with Crippen LogP contribution in [0.4, 0.5) is 11.4 Å². The van der Waals surface area contributed by atoms with Gasteiger partial charge in [0.2, 0.25) is 0 Å². The molecule has 1 fully saturated rings. The molecule has 3 N–H and O–H groups in total. The van der Waals surface area contributed by atoms with E-state index in [0.717, 1.165) is 49.2 Å². The van der Waals surface area contributed by atoms with Gasteiger partial charge in [0.1, 0.15) is 0 Å². The number of pyridine rings is 2. The third-order valence-electron chi connectivity index (χ3n) is 4.66. The van der Waals surface area contributed by atoms with Crippen LogP contribution in [0.1, 0.15) is 12.8 Å². The number of nitrogens with zero attached hydrogens (tertiary/aromatic N) is 2. The summed E-state index contributed by atoms with van der Waals surface area (Å²) >= 11 is 6.80. The predicted octanol–water partition coefficient (Wildman–Crippen LogP) is 6.40. The largest absolute Gasteiger partial charge is 0.397 e. The van der Waals surface area contributed by atoms with Crippen molar-refractivity contribution >= 4 is 65.0 Å². The molecule has 1 saturated carbocycles. The summed E-state index contributed by atoms with van der Waals surface area (Å²) in [5, 5.41) is 5.73. The van der Waals surface area contributed by atoms with Crippen molar-refractivity contribution in [1.29, 1.82) is 0 Å². The Labute approximate surface area is 180 Å². The van der Waals surface area contributed by atoms with Gasteiger partial charge in [-0.3, -0.25) is 9.97 Å². The number of rotatable bonds is 3. The van der Waals surface area contributed by atoms with E-state index in [1.165, 1.54) is 18.2 Å². The highest BCUT2D eigenvalue weighted by atomic mass is 79.9. The lowest BCUT2D eigenvalue weighted by Gasteiger charge is -2.08. The second kappa shape index (κ2) is 8.45. The van der Waals surface area contributed by atoms with Gasteiger partial charge in [0.05, 0.1) is 22.4 Å². The van der Waals surface area contributed by atoms with Gasteiger partial charge in [0.25, 0.3) is 0 Å². The molecule has 5 rings (SSSR count). The molecule has 0 spiro atoms. The van der Waals surface area contributed by atoms with Crippen LogP contribution in [0.5, 0.6) is 0 Å². The summed E-state index contributed by atoms with van der Waals surface area (Å²) in [6, 6.07) is 16.1. The van der Waals surface area contributed by atoms with E-state index in [1.807, 2.05) is 30.5 Å². The molecule has 28 heavy (non-hydrogen) atoms. The molecule has 4 nitrogen and oxygen atoms in total. The van der Waals surface area contributed by atoms with E-state index in [-0.39, 0.29) is 0 Å². The van der Waals surface area contributed by atoms with Crippen molar-refractivity contribution in [3.63, 3.8) is 0 Å². The van der Waals surface area contributed by atoms with Gasteiger partial charge in [0.15, 0.2) is 0 Å². The quantitative estimate of drug-likeness (QED) is 0.320. The van der Waals surface area contributed by atoms with E-state index in [9.17, 15) is 0 Å². The average Bonchev–Trinajstić information content (AvgIpc) is 3.51. The Kier molecular flexibility index (Phi) is 5.78. The molecule has 6 heteroatoms. The van der Waals surface area contributed by atoms with Crippen LogP contribution in [0.15, 0.2) is 69.9 Å². The number of nitrogen functional groups attached to an aromatic ring is 1. The molecule has 2 aromatic carbocycles. The normalized spacial score (nSPS) is 13.2. The standard InChI is InChI=1S/C13H13BrN2.C9H7BrN2/c14-11-6-10-2-1-3-12(13(10)16-8-11)15-7-9-4-5-9;10-7-4-6-2-1-3-8(11)9(6)12-5-7/h1-3,6,8-9,15H,4-5,7H2;1-5H,11H2. The molecule has 0 unspecified atom stereocenters. The lowest BCUT2D eigenvalue weighted by atomic mass is 10.2. The highest BCUT2D eigenvalue weighted by Crippen LogP contribution is 2.30. The van der Waals surface area contributed by atoms with Gasteiger partial charge >= 0.3 is 0 Å². The van der Waals surface area contributed by atoms with Crippen LogP contribution >= 0.6 is 31.9 Å².